The molecule has 1 aliphatic heterocycles. The van der Waals surface area contributed by atoms with Crippen LogP contribution in [0, 0.1) is 17.8 Å². The molecule has 0 aliphatic carbocycles. The van der Waals surface area contributed by atoms with E-state index < -0.39 is 24.0 Å². The van der Waals surface area contributed by atoms with E-state index in [4.69, 9.17) is 14.2 Å². The lowest BCUT2D eigenvalue weighted by Crippen LogP contribution is -2.33. The number of rotatable bonds is 8. The van der Waals surface area contributed by atoms with E-state index in [1.54, 1.807) is 21.0 Å². The first-order valence-corrected chi connectivity index (χ1v) is 12.8. The van der Waals surface area contributed by atoms with Crippen LogP contribution in [0.1, 0.15) is 36.6 Å². The fraction of sp³-hybridized carbons (Fsp3) is 0.212. The molecule has 2 atom stereocenters. The van der Waals surface area contributed by atoms with Crippen molar-refractivity contribution in [3.05, 3.63) is 125 Å². The minimum atomic E-state index is -0.883. The van der Waals surface area contributed by atoms with E-state index in [1.165, 1.54) is 0 Å². The highest BCUT2D eigenvalue weighted by atomic mass is 16.6. The number of methoxy groups -OCH3 is 1. The molecule has 0 saturated carbocycles. The van der Waals surface area contributed by atoms with Crippen molar-refractivity contribution >= 4 is 17.6 Å². The van der Waals surface area contributed by atoms with Gasteiger partial charge in [0.2, 0.25) is 0 Å². The normalized spacial score (nSPS) is 15.5. The Hall–Kier alpha value is -4.60. The highest BCUT2D eigenvalue weighted by molar-refractivity contribution is 6.04. The van der Waals surface area contributed by atoms with E-state index in [-0.39, 0.29) is 24.4 Å². The lowest BCUT2D eigenvalue weighted by molar-refractivity contribution is -0.143. The molecular weight excluding hydrogens is 490 g/mol. The van der Waals surface area contributed by atoms with Crippen molar-refractivity contribution in [2.45, 2.75) is 20.0 Å². The Labute approximate surface area is 229 Å². The molecule has 2 unspecified atom stereocenters. The molecule has 6 heteroatoms. The second-order valence-corrected chi connectivity index (χ2v) is 8.84. The van der Waals surface area contributed by atoms with Crippen LogP contribution < -0.4 is 5.32 Å². The Balaban J connectivity index is 1.79. The summed E-state index contributed by atoms with van der Waals surface area (Å²) in [5.41, 5.74) is 4.02. The predicted octanol–water partition coefficient (Wildman–Crippen LogP) is 5.44. The van der Waals surface area contributed by atoms with Crippen molar-refractivity contribution in [2.24, 2.45) is 5.92 Å². The van der Waals surface area contributed by atoms with Gasteiger partial charge in [-0.05, 0) is 37.1 Å². The highest BCUT2D eigenvalue weighted by Gasteiger charge is 2.38. The predicted molar refractivity (Wildman–Crippen MR) is 150 cm³/mol. The van der Waals surface area contributed by atoms with Gasteiger partial charge in [0.15, 0.2) is 0 Å². The summed E-state index contributed by atoms with van der Waals surface area (Å²) in [5.74, 6) is 4.30. The minimum Gasteiger partial charge on any atom is -0.463 e. The maximum atomic E-state index is 13.9. The van der Waals surface area contributed by atoms with Crippen LogP contribution in [0.5, 0.6) is 0 Å². The zero-order valence-electron chi connectivity index (χ0n) is 22.3. The Morgan fingerprint density at radius 2 is 1.44 bits per heavy atom. The fourth-order valence-corrected chi connectivity index (χ4v) is 4.38. The van der Waals surface area contributed by atoms with Gasteiger partial charge in [0, 0.05) is 18.4 Å². The number of allylic oxidation sites excluding steroid dienone is 1. The van der Waals surface area contributed by atoms with Crippen LogP contribution in [-0.2, 0) is 23.8 Å². The number of carbonyl (C=O) groups is 2. The average Bonchev–Trinajstić information content (AvgIpc) is 2.97. The number of carbonyl (C=O) groups excluding carboxylic acids is 2. The van der Waals surface area contributed by atoms with Crippen molar-refractivity contribution in [3.63, 3.8) is 0 Å². The minimum absolute atomic E-state index is 0.0127. The Morgan fingerprint density at radius 3 is 2.05 bits per heavy atom. The molecule has 39 heavy (non-hydrogen) atoms. The van der Waals surface area contributed by atoms with E-state index in [1.807, 2.05) is 91.0 Å². The number of nitrogens with one attached hydrogen (secondary N) is 1. The van der Waals surface area contributed by atoms with E-state index in [9.17, 15) is 9.59 Å². The number of ether oxygens (including phenoxy) is 3. The molecule has 1 N–H and O–H groups in total. The van der Waals surface area contributed by atoms with Crippen LogP contribution in [0.25, 0.3) is 5.70 Å². The first-order valence-electron chi connectivity index (χ1n) is 12.8. The summed E-state index contributed by atoms with van der Waals surface area (Å²) in [5, 5.41) is 3.27. The topological polar surface area (TPSA) is 73.9 Å². The van der Waals surface area contributed by atoms with Gasteiger partial charge in [-0.2, -0.15) is 0 Å². The van der Waals surface area contributed by atoms with Crippen molar-refractivity contribution in [1.82, 2.24) is 5.32 Å². The van der Waals surface area contributed by atoms with Gasteiger partial charge in [0.05, 0.1) is 29.4 Å². The summed E-state index contributed by atoms with van der Waals surface area (Å²) in [7, 11) is 1.57. The van der Waals surface area contributed by atoms with Crippen LogP contribution in [0.3, 0.4) is 0 Å². The lowest BCUT2D eigenvalue weighted by Gasteiger charge is -2.29. The van der Waals surface area contributed by atoms with Gasteiger partial charge in [0.25, 0.3) is 0 Å². The molecule has 0 radical (unpaired) electrons. The smallest absolute Gasteiger partial charge is 0.337 e. The molecule has 0 saturated heterocycles. The second-order valence-electron chi connectivity index (χ2n) is 8.84. The summed E-state index contributed by atoms with van der Waals surface area (Å²) in [6.07, 6.45) is -0.455. The van der Waals surface area contributed by atoms with Gasteiger partial charge in [0.1, 0.15) is 12.7 Å². The molecule has 3 aromatic carbocycles. The average molecular weight is 522 g/mol. The third-order valence-electron chi connectivity index (χ3n) is 6.30. The number of esters is 2. The molecule has 0 spiro atoms. The van der Waals surface area contributed by atoms with Crippen LogP contribution in [0.2, 0.25) is 0 Å². The van der Waals surface area contributed by atoms with E-state index in [2.05, 4.69) is 17.2 Å². The van der Waals surface area contributed by atoms with E-state index in [0.717, 1.165) is 16.7 Å². The van der Waals surface area contributed by atoms with Crippen LogP contribution in [0.15, 0.2) is 108 Å². The van der Waals surface area contributed by atoms with Crippen molar-refractivity contribution in [1.29, 1.82) is 0 Å². The van der Waals surface area contributed by atoms with Crippen molar-refractivity contribution in [2.75, 3.05) is 20.3 Å². The van der Waals surface area contributed by atoms with Crippen LogP contribution in [0.4, 0.5) is 0 Å². The summed E-state index contributed by atoms with van der Waals surface area (Å²) in [6.45, 7) is 3.70. The Bertz CT molecular complexity index is 1420. The fourth-order valence-electron chi connectivity index (χ4n) is 4.38. The van der Waals surface area contributed by atoms with Gasteiger partial charge in [-0.15, -0.1) is 0 Å². The maximum absolute atomic E-state index is 13.9. The number of hydrogen-bond donors (Lipinski definition) is 1. The van der Waals surface area contributed by atoms with Gasteiger partial charge < -0.3 is 19.5 Å². The van der Waals surface area contributed by atoms with Crippen molar-refractivity contribution in [3.8, 4) is 11.8 Å². The quantitative estimate of drug-likeness (QED) is 0.315. The maximum Gasteiger partial charge on any atom is 0.337 e. The SMILES string of the molecule is CCOC(=O)C1=C(C)NC(c2ccccc2)=C(C(=O)OCC(OC)c2ccccc2)C1C#Cc1ccccc1. The van der Waals surface area contributed by atoms with Crippen LogP contribution >= 0.6 is 0 Å². The third kappa shape index (κ3) is 6.64. The van der Waals surface area contributed by atoms with Gasteiger partial charge in [-0.25, -0.2) is 9.59 Å². The van der Waals surface area contributed by atoms with E-state index >= 15 is 0 Å². The van der Waals surface area contributed by atoms with Gasteiger partial charge >= 0.3 is 11.9 Å². The van der Waals surface area contributed by atoms with E-state index in [0.29, 0.717) is 11.4 Å². The lowest BCUT2D eigenvalue weighted by atomic mass is 9.84. The summed E-state index contributed by atoms with van der Waals surface area (Å²) in [6, 6.07) is 28.4. The van der Waals surface area contributed by atoms with Crippen LogP contribution in [-0.4, -0.2) is 32.3 Å². The van der Waals surface area contributed by atoms with Gasteiger partial charge in [-0.3, -0.25) is 0 Å². The number of hydrogen-bond acceptors (Lipinski definition) is 6. The molecule has 1 aliphatic rings. The standard InChI is InChI=1S/C33H31NO5/c1-4-38-32(35)29-23(2)34-31(26-18-12-7-13-19-26)30(27(29)21-20-24-14-8-5-9-15-24)33(36)39-22-28(37-3)25-16-10-6-11-17-25/h5-19,27-28,34H,4,22H2,1-3H3. The molecule has 198 valence electrons. The summed E-state index contributed by atoms with van der Waals surface area (Å²) in [4.78, 5) is 27.0. The highest BCUT2D eigenvalue weighted by Crippen LogP contribution is 2.35. The molecule has 0 aromatic heterocycles. The molecule has 3 aromatic rings. The molecule has 0 bridgehead atoms. The first kappa shape index (κ1) is 27.4. The summed E-state index contributed by atoms with van der Waals surface area (Å²) < 4.78 is 16.8. The van der Waals surface area contributed by atoms with Gasteiger partial charge in [-0.1, -0.05) is 90.7 Å². The monoisotopic (exact) mass is 521 g/mol. The Kier molecular flexibility index (Phi) is 9.34. The summed E-state index contributed by atoms with van der Waals surface area (Å²) >= 11 is 0. The molecule has 1 heterocycles. The largest absolute Gasteiger partial charge is 0.463 e. The number of dihydropyridines is 1. The number of benzene rings is 3. The first-order chi connectivity index (χ1) is 19.0. The molecule has 4 rings (SSSR count). The zero-order chi connectivity index (χ0) is 27.6. The van der Waals surface area contributed by atoms with Crippen molar-refractivity contribution < 1.29 is 23.8 Å². The Morgan fingerprint density at radius 1 is 0.846 bits per heavy atom. The molecule has 6 nitrogen and oxygen atoms in total. The second kappa shape index (κ2) is 13.3. The molecule has 0 fully saturated rings. The molecule has 0 amide bonds. The molecular formula is C33H31NO5. The zero-order valence-corrected chi connectivity index (χ0v) is 22.3. The third-order valence-corrected chi connectivity index (χ3v) is 6.30.